The van der Waals surface area contributed by atoms with Gasteiger partial charge in [-0.1, -0.05) is 24.4 Å². The van der Waals surface area contributed by atoms with Crippen molar-refractivity contribution < 1.29 is 9.47 Å². The first-order valence-corrected chi connectivity index (χ1v) is 8.51. The average Bonchev–Trinajstić information content (AvgIpc) is 3.10. The van der Waals surface area contributed by atoms with Crippen LogP contribution in [0.15, 0.2) is 42.6 Å². The molecule has 0 aliphatic carbocycles. The zero-order valence-electron chi connectivity index (χ0n) is 13.4. The van der Waals surface area contributed by atoms with Crippen LogP contribution in [0, 0.1) is 0 Å². The normalized spacial score (nSPS) is 17.1. The van der Waals surface area contributed by atoms with Crippen molar-refractivity contribution in [2.75, 3.05) is 33.0 Å². The molecule has 0 spiro atoms. The van der Waals surface area contributed by atoms with Crippen LogP contribution >= 0.6 is 12.2 Å². The summed E-state index contributed by atoms with van der Waals surface area (Å²) in [5, 5.41) is 0. The summed E-state index contributed by atoms with van der Waals surface area (Å²) in [4.78, 5) is 9.88. The van der Waals surface area contributed by atoms with Gasteiger partial charge in [0.05, 0.1) is 5.69 Å². The van der Waals surface area contributed by atoms with Gasteiger partial charge in [-0.05, 0) is 29.8 Å². The molecule has 0 saturated carbocycles. The fraction of sp³-hybridized carbons (Fsp3) is 0.333. The Balaban J connectivity index is 1.34. The lowest BCUT2D eigenvalue weighted by Crippen LogP contribution is -2.48. The number of hydrogen-bond acceptors (Lipinski definition) is 5. The predicted octanol–water partition coefficient (Wildman–Crippen LogP) is 2.30. The van der Waals surface area contributed by atoms with Gasteiger partial charge in [-0.3, -0.25) is 9.88 Å². The van der Waals surface area contributed by atoms with Crippen molar-refractivity contribution in [3.8, 4) is 11.5 Å². The van der Waals surface area contributed by atoms with Gasteiger partial charge in [0.15, 0.2) is 11.5 Å². The molecule has 2 aromatic rings. The quantitative estimate of drug-likeness (QED) is 0.798. The number of pyridine rings is 1. The Labute approximate surface area is 146 Å². The third-order valence-electron chi connectivity index (χ3n) is 4.39. The number of piperazine rings is 1. The van der Waals surface area contributed by atoms with Crippen LogP contribution in [-0.2, 0) is 6.54 Å². The lowest BCUT2D eigenvalue weighted by atomic mass is 10.1. The molecule has 1 aromatic heterocycles. The van der Waals surface area contributed by atoms with Crippen LogP contribution < -0.4 is 9.47 Å². The molecule has 0 amide bonds. The van der Waals surface area contributed by atoms with Crippen LogP contribution in [0.3, 0.4) is 0 Å². The number of rotatable bonds is 3. The van der Waals surface area contributed by atoms with Gasteiger partial charge >= 0.3 is 0 Å². The Hall–Kier alpha value is -2.18. The molecule has 0 N–H and O–H groups in total. The number of aromatic nitrogens is 1. The monoisotopic (exact) mass is 341 g/mol. The minimum atomic E-state index is 0.322. The first kappa shape index (κ1) is 15.4. The van der Waals surface area contributed by atoms with Crippen LogP contribution in [0.4, 0.5) is 0 Å². The predicted molar refractivity (Wildman–Crippen MR) is 95.4 cm³/mol. The van der Waals surface area contributed by atoms with E-state index in [0.717, 1.165) is 54.9 Å². The standard InChI is InChI=1S/C18H19N3O2S/c24-18(15-3-1-2-6-19-15)21-9-7-20(8-10-21)12-14-4-5-16-17(11-14)23-13-22-16/h1-6,11H,7-10,12-13H2. The minimum Gasteiger partial charge on any atom is -0.454 e. The van der Waals surface area contributed by atoms with Crippen LogP contribution in [-0.4, -0.2) is 52.7 Å². The van der Waals surface area contributed by atoms with Gasteiger partial charge in [0.1, 0.15) is 4.99 Å². The highest BCUT2D eigenvalue weighted by molar-refractivity contribution is 7.80. The Kier molecular flexibility index (Phi) is 4.32. The first-order chi connectivity index (χ1) is 11.8. The summed E-state index contributed by atoms with van der Waals surface area (Å²) in [7, 11) is 0. The summed E-state index contributed by atoms with van der Waals surface area (Å²) in [6, 6.07) is 12.0. The van der Waals surface area contributed by atoms with Crippen LogP contribution in [0.2, 0.25) is 0 Å². The number of fused-ring (bicyclic) bond motifs is 1. The minimum absolute atomic E-state index is 0.322. The molecule has 0 radical (unpaired) electrons. The molecule has 124 valence electrons. The lowest BCUT2D eigenvalue weighted by Gasteiger charge is -2.36. The van der Waals surface area contributed by atoms with E-state index in [4.69, 9.17) is 21.7 Å². The molecule has 5 nitrogen and oxygen atoms in total. The molecule has 1 aromatic carbocycles. The molecular weight excluding hydrogens is 322 g/mol. The topological polar surface area (TPSA) is 37.8 Å². The Morgan fingerprint density at radius 2 is 1.88 bits per heavy atom. The molecule has 1 saturated heterocycles. The van der Waals surface area contributed by atoms with Gasteiger partial charge in [0, 0.05) is 38.9 Å². The second kappa shape index (κ2) is 6.75. The molecule has 24 heavy (non-hydrogen) atoms. The zero-order valence-corrected chi connectivity index (χ0v) is 14.2. The Bertz CT molecular complexity index is 730. The highest BCUT2D eigenvalue weighted by Gasteiger charge is 2.21. The first-order valence-electron chi connectivity index (χ1n) is 8.11. The lowest BCUT2D eigenvalue weighted by molar-refractivity contribution is 0.173. The SMILES string of the molecule is S=C(c1ccccn1)N1CCN(Cc2ccc3c(c2)OCO3)CC1. The fourth-order valence-corrected chi connectivity index (χ4v) is 3.36. The van der Waals surface area contributed by atoms with E-state index < -0.39 is 0 Å². The molecular formula is C18H19N3O2S. The number of benzene rings is 1. The van der Waals surface area contributed by atoms with E-state index in [1.165, 1.54) is 5.56 Å². The molecule has 2 aliphatic rings. The maximum absolute atomic E-state index is 5.58. The fourth-order valence-electron chi connectivity index (χ4n) is 3.06. The molecule has 3 heterocycles. The molecule has 0 bridgehead atoms. The van der Waals surface area contributed by atoms with Crippen molar-refractivity contribution in [2.45, 2.75) is 6.54 Å². The van der Waals surface area contributed by atoms with Gasteiger partial charge in [-0.15, -0.1) is 0 Å². The summed E-state index contributed by atoms with van der Waals surface area (Å²) >= 11 is 5.58. The number of nitrogens with zero attached hydrogens (tertiary/aromatic N) is 3. The molecule has 6 heteroatoms. The van der Waals surface area contributed by atoms with Crippen molar-refractivity contribution in [3.05, 3.63) is 53.9 Å². The van der Waals surface area contributed by atoms with E-state index in [1.54, 1.807) is 6.20 Å². The van der Waals surface area contributed by atoms with E-state index in [2.05, 4.69) is 26.9 Å². The largest absolute Gasteiger partial charge is 0.454 e. The van der Waals surface area contributed by atoms with Crippen LogP contribution in [0.5, 0.6) is 11.5 Å². The number of ether oxygens (including phenoxy) is 2. The maximum Gasteiger partial charge on any atom is 0.231 e. The van der Waals surface area contributed by atoms with Gasteiger partial charge in [0.2, 0.25) is 6.79 Å². The third-order valence-corrected chi connectivity index (χ3v) is 4.85. The van der Waals surface area contributed by atoms with Crippen molar-refractivity contribution in [1.82, 2.24) is 14.8 Å². The highest BCUT2D eigenvalue weighted by Crippen LogP contribution is 2.32. The molecule has 0 atom stereocenters. The maximum atomic E-state index is 5.58. The number of hydrogen-bond donors (Lipinski definition) is 0. The van der Waals surface area contributed by atoms with Crippen LogP contribution in [0.1, 0.15) is 11.3 Å². The Morgan fingerprint density at radius 3 is 2.67 bits per heavy atom. The summed E-state index contributed by atoms with van der Waals surface area (Å²) in [5.74, 6) is 1.69. The van der Waals surface area contributed by atoms with Crippen LogP contribution in [0.25, 0.3) is 0 Å². The smallest absolute Gasteiger partial charge is 0.231 e. The van der Waals surface area contributed by atoms with Gasteiger partial charge in [0.25, 0.3) is 0 Å². The van der Waals surface area contributed by atoms with Gasteiger partial charge < -0.3 is 14.4 Å². The molecule has 0 unspecified atom stereocenters. The summed E-state index contributed by atoms with van der Waals surface area (Å²) in [6.45, 7) is 5.08. The third kappa shape index (κ3) is 3.20. The summed E-state index contributed by atoms with van der Waals surface area (Å²) < 4.78 is 10.8. The summed E-state index contributed by atoms with van der Waals surface area (Å²) in [5.41, 5.74) is 2.14. The van der Waals surface area contributed by atoms with Crippen molar-refractivity contribution in [3.63, 3.8) is 0 Å². The molecule has 1 fully saturated rings. The van der Waals surface area contributed by atoms with Gasteiger partial charge in [-0.2, -0.15) is 0 Å². The van der Waals surface area contributed by atoms with Crippen molar-refractivity contribution >= 4 is 17.2 Å². The Morgan fingerprint density at radius 1 is 1.04 bits per heavy atom. The molecule has 4 rings (SSSR count). The average molecular weight is 341 g/mol. The summed E-state index contributed by atoms with van der Waals surface area (Å²) in [6.07, 6.45) is 1.79. The van der Waals surface area contributed by atoms with Crippen molar-refractivity contribution in [2.24, 2.45) is 0 Å². The van der Waals surface area contributed by atoms with Gasteiger partial charge in [-0.25, -0.2) is 0 Å². The van der Waals surface area contributed by atoms with E-state index in [1.807, 2.05) is 24.3 Å². The van der Waals surface area contributed by atoms with E-state index >= 15 is 0 Å². The number of thiocarbonyl (C=S) groups is 1. The second-order valence-corrected chi connectivity index (χ2v) is 6.36. The second-order valence-electron chi connectivity index (χ2n) is 5.97. The zero-order chi connectivity index (χ0) is 16.4. The van der Waals surface area contributed by atoms with E-state index in [9.17, 15) is 0 Å². The highest BCUT2D eigenvalue weighted by atomic mass is 32.1. The van der Waals surface area contributed by atoms with E-state index in [0.29, 0.717) is 6.79 Å². The van der Waals surface area contributed by atoms with Crippen molar-refractivity contribution in [1.29, 1.82) is 0 Å². The molecule has 2 aliphatic heterocycles. The van der Waals surface area contributed by atoms with E-state index in [-0.39, 0.29) is 0 Å².